The van der Waals surface area contributed by atoms with Crippen LogP contribution in [0.3, 0.4) is 0 Å². The molecule has 326 valence electrons. The maximum atomic E-state index is 15.4. The Kier molecular flexibility index (Phi) is 15.6. The zero-order chi connectivity index (χ0) is 42.9. The van der Waals surface area contributed by atoms with E-state index in [-0.39, 0.29) is 29.3 Å². The van der Waals surface area contributed by atoms with Gasteiger partial charge in [0.15, 0.2) is 0 Å². The van der Waals surface area contributed by atoms with Crippen molar-refractivity contribution in [3.63, 3.8) is 0 Å². The summed E-state index contributed by atoms with van der Waals surface area (Å²) >= 11 is 12.7. The van der Waals surface area contributed by atoms with Crippen LogP contribution in [0, 0.1) is 11.7 Å². The van der Waals surface area contributed by atoms with Gasteiger partial charge in [-0.2, -0.15) is 0 Å². The molecule has 61 heavy (non-hydrogen) atoms. The Morgan fingerprint density at radius 2 is 1.74 bits per heavy atom. The van der Waals surface area contributed by atoms with Crippen LogP contribution in [0.4, 0.5) is 4.39 Å². The Bertz CT molecular complexity index is 2150. The van der Waals surface area contributed by atoms with E-state index in [1.807, 2.05) is 63.7 Å². The van der Waals surface area contributed by atoms with E-state index >= 15 is 4.39 Å². The van der Waals surface area contributed by atoms with Crippen LogP contribution in [0.1, 0.15) is 48.7 Å². The molecule has 2 saturated heterocycles. The molecular weight excluding hydrogens is 808 g/mol. The van der Waals surface area contributed by atoms with E-state index in [1.165, 1.54) is 17.2 Å². The van der Waals surface area contributed by atoms with Crippen molar-refractivity contribution in [3.8, 4) is 22.8 Å². The minimum absolute atomic E-state index is 0.0105. The van der Waals surface area contributed by atoms with Crippen molar-refractivity contribution >= 4 is 23.2 Å². The van der Waals surface area contributed by atoms with E-state index in [4.69, 9.17) is 27.9 Å². The Morgan fingerprint density at radius 1 is 0.967 bits per heavy atom. The number of aliphatic hydroxyl groups excluding tert-OH is 1. The summed E-state index contributed by atoms with van der Waals surface area (Å²) in [5.41, 5.74) is 5.22. The standard InChI is InChI=1S/C49H62Cl2FN7O2/c1-35-27-53-42(33-60)28-55-49(26-37-11-15-41(50)16-12-37)20-8-21-58(34-49)30-38(23-36-9-6-5-7-10-36)19-22-59(35)31-40-24-45(52)44(51)25-47(40)61-43-17-13-39(14-18-43)46-29-54-48(57(46)4)32-56(2)3/h5-7,9-18,24-25,29,35,38,42,53,55,60H,8,19-23,26-28,30-34H2,1-4H3/t35-,38-,42-,49+/m0/s1. The van der Waals surface area contributed by atoms with E-state index in [9.17, 15) is 5.11 Å². The number of hydrogen-bond acceptors (Lipinski definition) is 8. The smallest absolute Gasteiger partial charge is 0.142 e. The first kappa shape index (κ1) is 45.2. The third kappa shape index (κ3) is 12.2. The van der Waals surface area contributed by atoms with E-state index < -0.39 is 5.82 Å². The maximum absolute atomic E-state index is 15.4. The number of aromatic nitrogens is 2. The van der Waals surface area contributed by atoms with Crippen LogP contribution in [-0.4, -0.2) is 107 Å². The summed E-state index contributed by atoms with van der Waals surface area (Å²) in [6, 6.07) is 30.0. The van der Waals surface area contributed by atoms with Gasteiger partial charge in [0.05, 0.1) is 30.1 Å². The number of imidazole rings is 1. The summed E-state index contributed by atoms with van der Waals surface area (Å²) in [7, 11) is 6.09. The molecule has 0 aliphatic carbocycles. The molecule has 2 aliphatic heterocycles. The molecule has 9 nitrogen and oxygen atoms in total. The van der Waals surface area contributed by atoms with Crippen LogP contribution < -0.4 is 15.4 Å². The molecule has 1 unspecified atom stereocenters. The van der Waals surface area contributed by atoms with E-state index in [2.05, 4.69) is 84.3 Å². The molecule has 4 aromatic carbocycles. The van der Waals surface area contributed by atoms with Crippen LogP contribution in [0.15, 0.2) is 97.2 Å². The summed E-state index contributed by atoms with van der Waals surface area (Å²) in [6.07, 6.45) is 6.86. The third-order valence-corrected chi connectivity index (χ3v) is 13.0. The molecular formula is C49H62Cl2FN7O2. The Hall–Kier alpha value is -3.84. The quantitative estimate of drug-likeness (QED) is 0.115. The fourth-order valence-corrected chi connectivity index (χ4v) is 9.36. The average Bonchev–Trinajstić information content (AvgIpc) is 3.60. The number of nitrogens with zero attached hydrogens (tertiary/aromatic N) is 5. The molecule has 0 saturated carbocycles. The lowest BCUT2D eigenvalue weighted by Gasteiger charge is -2.46. The summed E-state index contributed by atoms with van der Waals surface area (Å²) in [5.74, 6) is 2.05. The topological polar surface area (TPSA) is 81.1 Å². The fraction of sp³-hybridized carbons (Fsp3) is 0.449. The minimum atomic E-state index is -0.475. The number of nitrogens with one attached hydrogen (secondary N) is 2. The lowest BCUT2D eigenvalue weighted by molar-refractivity contribution is 0.0882. The van der Waals surface area contributed by atoms with Crippen LogP contribution >= 0.6 is 23.2 Å². The molecule has 1 aromatic heterocycles. The van der Waals surface area contributed by atoms with Gasteiger partial charge in [0, 0.05) is 79.6 Å². The van der Waals surface area contributed by atoms with Gasteiger partial charge < -0.3 is 34.8 Å². The summed E-state index contributed by atoms with van der Waals surface area (Å²) < 4.78 is 24.0. The number of hydrogen-bond donors (Lipinski definition) is 3. The van der Waals surface area contributed by atoms with E-state index in [1.54, 1.807) is 6.07 Å². The van der Waals surface area contributed by atoms with Gasteiger partial charge in [0.1, 0.15) is 23.1 Å². The molecule has 2 fully saturated rings. The van der Waals surface area contributed by atoms with Crippen molar-refractivity contribution in [3.05, 3.63) is 136 Å². The van der Waals surface area contributed by atoms with Crippen LogP contribution in [0.25, 0.3) is 11.3 Å². The summed E-state index contributed by atoms with van der Waals surface area (Å²) in [5, 5.41) is 19.1. The Balaban J connectivity index is 1.13. The lowest BCUT2D eigenvalue weighted by atomic mass is 9.82. The minimum Gasteiger partial charge on any atom is -0.457 e. The predicted molar refractivity (Wildman–Crippen MR) is 246 cm³/mol. The number of rotatable bonds is 12. The molecule has 3 heterocycles. The molecule has 2 aliphatic rings. The van der Waals surface area contributed by atoms with Crippen molar-refractivity contribution in [1.29, 1.82) is 0 Å². The van der Waals surface area contributed by atoms with Crippen LogP contribution in [-0.2, 0) is 33.0 Å². The number of fused-ring (bicyclic) bond motifs is 2. The van der Waals surface area contributed by atoms with E-state index in [0.717, 1.165) is 92.5 Å². The maximum Gasteiger partial charge on any atom is 0.142 e. The molecule has 7 rings (SSSR count). The number of benzene rings is 4. The van der Waals surface area contributed by atoms with Crippen molar-refractivity contribution in [1.82, 2.24) is 34.9 Å². The Labute approximate surface area is 371 Å². The van der Waals surface area contributed by atoms with Gasteiger partial charge in [-0.15, -0.1) is 0 Å². The first-order chi connectivity index (χ1) is 29.5. The molecule has 5 aromatic rings. The highest BCUT2D eigenvalue weighted by Gasteiger charge is 2.37. The van der Waals surface area contributed by atoms with Gasteiger partial charge in [-0.25, -0.2) is 9.37 Å². The molecule has 0 radical (unpaired) electrons. The van der Waals surface area contributed by atoms with E-state index in [0.29, 0.717) is 37.1 Å². The predicted octanol–water partition coefficient (Wildman–Crippen LogP) is 8.46. The second-order valence-corrected chi connectivity index (χ2v) is 18.5. The number of halogens is 3. The van der Waals surface area contributed by atoms with Crippen LogP contribution in [0.2, 0.25) is 10.0 Å². The lowest BCUT2D eigenvalue weighted by Crippen LogP contribution is -2.61. The first-order valence-corrected chi connectivity index (χ1v) is 22.5. The molecule has 0 amide bonds. The highest BCUT2D eigenvalue weighted by atomic mass is 35.5. The third-order valence-electron chi connectivity index (χ3n) is 12.5. The second-order valence-electron chi connectivity index (χ2n) is 17.6. The summed E-state index contributed by atoms with van der Waals surface area (Å²) in [6.45, 7) is 8.44. The van der Waals surface area contributed by atoms with Crippen molar-refractivity contribution < 1.29 is 14.2 Å². The molecule has 5 atom stereocenters. The molecule has 0 spiro atoms. The van der Waals surface area contributed by atoms with Gasteiger partial charge >= 0.3 is 0 Å². The van der Waals surface area contributed by atoms with Gasteiger partial charge in [-0.05, 0) is 126 Å². The van der Waals surface area contributed by atoms with Crippen LogP contribution in [0.5, 0.6) is 11.5 Å². The van der Waals surface area contributed by atoms with Gasteiger partial charge in [-0.1, -0.05) is 65.7 Å². The number of piperidine rings is 1. The zero-order valence-electron chi connectivity index (χ0n) is 36.1. The SMILES string of the molecule is C[C@H]1CN[C@H](CO)CN[C@@]2(Cc3ccc(Cl)cc3)CCCN(C[C@H](Cc3ccccc3)CCN1Cc1cc(F)c(Cl)cc1Oc1ccc(-c3cnc(CN(C)C)n3C)cc1)C2. The number of ether oxygens (including phenoxy) is 1. The first-order valence-electron chi connectivity index (χ1n) is 21.7. The normalized spacial score (nSPS) is 23.2. The second kappa shape index (κ2) is 21.0. The molecule has 12 heteroatoms. The van der Waals surface area contributed by atoms with Gasteiger partial charge in [0.2, 0.25) is 0 Å². The monoisotopic (exact) mass is 869 g/mol. The largest absolute Gasteiger partial charge is 0.457 e. The average molecular weight is 871 g/mol. The Morgan fingerprint density at radius 3 is 2.48 bits per heavy atom. The highest BCUT2D eigenvalue weighted by molar-refractivity contribution is 6.31. The van der Waals surface area contributed by atoms with Crippen molar-refractivity contribution in [2.75, 3.05) is 60.0 Å². The fourth-order valence-electron chi connectivity index (χ4n) is 9.08. The van der Waals surface area contributed by atoms with Crippen molar-refractivity contribution in [2.24, 2.45) is 13.0 Å². The van der Waals surface area contributed by atoms with Gasteiger partial charge in [0.25, 0.3) is 0 Å². The molecule has 2 bridgehead atoms. The number of aliphatic hydroxyl groups is 1. The van der Waals surface area contributed by atoms with Gasteiger partial charge in [-0.3, -0.25) is 4.90 Å². The zero-order valence-corrected chi connectivity index (χ0v) is 37.6. The summed E-state index contributed by atoms with van der Waals surface area (Å²) in [4.78, 5) is 11.8. The molecule has 3 N–H and O–H groups in total. The van der Waals surface area contributed by atoms with Crippen molar-refractivity contribution in [2.45, 2.75) is 69.7 Å². The highest BCUT2D eigenvalue weighted by Crippen LogP contribution is 2.34.